The molecule has 0 saturated carbocycles. The van der Waals surface area contributed by atoms with Crippen molar-refractivity contribution in [2.75, 3.05) is 11.9 Å². The van der Waals surface area contributed by atoms with Crippen LogP contribution in [0.15, 0.2) is 42.6 Å². The molecule has 1 heterocycles. The van der Waals surface area contributed by atoms with Crippen LogP contribution in [0.1, 0.15) is 33.2 Å². The number of hydrogen-bond donors (Lipinski definition) is 1. The molecule has 0 saturated heterocycles. The van der Waals surface area contributed by atoms with E-state index in [0.29, 0.717) is 5.56 Å². The van der Waals surface area contributed by atoms with Crippen LogP contribution in [0, 0.1) is 6.92 Å². The Bertz CT molecular complexity index is 651. The zero-order chi connectivity index (χ0) is 15.2. The van der Waals surface area contributed by atoms with Gasteiger partial charge in [0.25, 0.3) is 5.91 Å². The number of nitrogens with zero attached hydrogens (tertiary/aromatic N) is 1. The summed E-state index contributed by atoms with van der Waals surface area (Å²) in [5.41, 5.74) is 1.80. The number of esters is 1. The van der Waals surface area contributed by atoms with Crippen molar-refractivity contribution in [2.24, 2.45) is 0 Å². The minimum absolute atomic E-state index is 0.196. The zero-order valence-corrected chi connectivity index (χ0v) is 11.9. The molecule has 0 spiro atoms. The number of aryl methyl sites for hydroxylation is 1. The lowest BCUT2D eigenvalue weighted by atomic mass is 10.1. The third-order valence-corrected chi connectivity index (χ3v) is 2.85. The number of carbonyl (C=O) groups is 2. The molecule has 0 fully saturated rings. The maximum absolute atomic E-state index is 12.2. The second-order valence-corrected chi connectivity index (χ2v) is 4.44. The lowest BCUT2D eigenvalue weighted by Gasteiger charge is -2.09. The summed E-state index contributed by atoms with van der Waals surface area (Å²) in [4.78, 5) is 28.0. The monoisotopic (exact) mass is 284 g/mol. The molecule has 5 heteroatoms. The molecule has 2 aromatic rings. The number of carbonyl (C=O) groups excluding carboxylic acids is 2. The van der Waals surface area contributed by atoms with Gasteiger partial charge in [0.05, 0.1) is 6.61 Å². The van der Waals surface area contributed by atoms with Crippen LogP contribution in [0.3, 0.4) is 0 Å². The number of nitrogens with one attached hydrogen (secondary N) is 1. The SMILES string of the molecule is CCOC(=O)c1cccnc1NC(=O)c1ccc(C)cc1. The van der Waals surface area contributed by atoms with Crippen molar-refractivity contribution >= 4 is 17.7 Å². The third kappa shape index (κ3) is 3.66. The molecule has 0 bridgehead atoms. The number of rotatable bonds is 4. The maximum atomic E-state index is 12.2. The van der Waals surface area contributed by atoms with Gasteiger partial charge in [-0.3, -0.25) is 4.79 Å². The van der Waals surface area contributed by atoms with Crippen LogP contribution in [0.2, 0.25) is 0 Å². The van der Waals surface area contributed by atoms with Crippen LogP contribution in [-0.2, 0) is 4.74 Å². The van der Waals surface area contributed by atoms with E-state index in [1.807, 2.05) is 19.1 Å². The molecular weight excluding hydrogens is 268 g/mol. The first kappa shape index (κ1) is 14.7. The van der Waals surface area contributed by atoms with Crippen LogP contribution in [-0.4, -0.2) is 23.5 Å². The molecule has 1 aromatic carbocycles. The van der Waals surface area contributed by atoms with Gasteiger partial charge in [0, 0.05) is 11.8 Å². The Morgan fingerprint density at radius 1 is 1.19 bits per heavy atom. The smallest absolute Gasteiger partial charge is 0.341 e. The number of anilines is 1. The third-order valence-electron chi connectivity index (χ3n) is 2.85. The van der Waals surface area contributed by atoms with Crippen molar-refractivity contribution in [1.82, 2.24) is 4.98 Å². The summed E-state index contributed by atoms with van der Waals surface area (Å²) >= 11 is 0. The average Bonchev–Trinajstić information content (AvgIpc) is 2.48. The largest absolute Gasteiger partial charge is 0.462 e. The van der Waals surface area contributed by atoms with Crippen LogP contribution in [0.4, 0.5) is 5.82 Å². The Labute approximate surface area is 123 Å². The van der Waals surface area contributed by atoms with E-state index in [2.05, 4.69) is 10.3 Å². The highest BCUT2D eigenvalue weighted by molar-refractivity contribution is 6.07. The Hall–Kier alpha value is -2.69. The lowest BCUT2D eigenvalue weighted by Crippen LogP contribution is -2.17. The second-order valence-electron chi connectivity index (χ2n) is 4.44. The van der Waals surface area contributed by atoms with Crippen LogP contribution in [0.5, 0.6) is 0 Å². The second kappa shape index (κ2) is 6.65. The normalized spacial score (nSPS) is 10.0. The van der Waals surface area contributed by atoms with Gasteiger partial charge in [0.15, 0.2) is 0 Å². The molecule has 0 aliphatic carbocycles. The van der Waals surface area contributed by atoms with Crippen LogP contribution >= 0.6 is 0 Å². The van der Waals surface area contributed by atoms with Crippen molar-refractivity contribution in [1.29, 1.82) is 0 Å². The molecule has 0 unspecified atom stereocenters. The summed E-state index contributed by atoms with van der Waals surface area (Å²) in [5.74, 6) is -0.634. The summed E-state index contributed by atoms with van der Waals surface area (Å²) in [6, 6.07) is 10.3. The van der Waals surface area contributed by atoms with Gasteiger partial charge in [-0.1, -0.05) is 17.7 Å². The number of aromatic nitrogens is 1. The van der Waals surface area contributed by atoms with Gasteiger partial charge >= 0.3 is 5.97 Å². The Balaban J connectivity index is 2.21. The van der Waals surface area contributed by atoms with Crippen LogP contribution < -0.4 is 5.32 Å². The van der Waals surface area contributed by atoms with Gasteiger partial charge in [-0.05, 0) is 38.1 Å². The van der Waals surface area contributed by atoms with Crippen molar-refractivity contribution in [3.05, 3.63) is 59.3 Å². The first-order chi connectivity index (χ1) is 10.1. The fourth-order valence-corrected chi connectivity index (χ4v) is 1.76. The van der Waals surface area contributed by atoms with Gasteiger partial charge in [0.2, 0.25) is 0 Å². The van der Waals surface area contributed by atoms with E-state index >= 15 is 0 Å². The molecule has 1 N–H and O–H groups in total. The van der Waals surface area contributed by atoms with Crippen molar-refractivity contribution in [3.63, 3.8) is 0 Å². The van der Waals surface area contributed by atoms with Gasteiger partial charge in [-0.2, -0.15) is 0 Å². The number of pyridine rings is 1. The number of ether oxygens (including phenoxy) is 1. The topological polar surface area (TPSA) is 68.3 Å². The van der Waals surface area contributed by atoms with Crippen molar-refractivity contribution in [3.8, 4) is 0 Å². The van der Waals surface area contributed by atoms with Gasteiger partial charge in [0.1, 0.15) is 11.4 Å². The summed E-state index contributed by atoms with van der Waals surface area (Å²) in [7, 11) is 0. The van der Waals surface area contributed by atoms with E-state index in [1.165, 1.54) is 6.20 Å². The maximum Gasteiger partial charge on any atom is 0.341 e. The predicted octanol–water partition coefficient (Wildman–Crippen LogP) is 2.82. The molecule has 1 amide bonds. The molecule has 0 aliphatic heterocycles. The molecule has 21 heavy (non-hydrogen) atoms. The van der Waals surface area contributed by atoms with Crippen molar-refractivity contribution in [2.45, 2.75) is 13.8 Å². The Morgan fingerprint density at radius 2 is 1.90 bits per heavy atom. The molecule has 108 valence electrons. The first-order valence-electron chi connectivity index (χ1n) is 6.62. The molecule has 0 atom stereocenters. The van der Waals surface area contributed by atoms with E-state index in [1.54, 1.807) is 31.2 Å². The number of benzene rings is 1. The van der Waals surface area contributed by atoms with Crippen molar-refractivity contribution < 1.29 is 14.3 Å². The predicted molar refractivity (Wildman–Crippen MR) is 79.3 cm³/mol. The average molecular weight is 284 g/mol. The molecule has 0 aliphatic rings. The fraction of sp³-hybridized carbons (Fsp3) is 0.188. The molecule has 0 radical (unpaired) electrons. The number of hydrogen-bond acceptors (Lipinski definition) is 4. The molecular formula is C16H16N2O3. The van der Waals surface area contributed by atoms with Gasteiger partial charge in [-0.25, -0.2) is 9.78 Å². The highest BCUT2D eigenvalue weighted by atomic mass is 16.5. The van der Waals surface area contributed by atoms with E-state index in [0.717, 1.165) is 5.56 Å². The lowest BCUT2D eigenvalue weighted by molar-refractivity contribution is 0.0527. The zero-order valence-electron chi connectivity index (χ0n) is 11.9. The molecule has 5 nitrogen and oxygen atoms in total. The van der Waals surface area contributed by atoms with E-state index in [4.69, 9.17) is 4.74 Å². The van der Waals surface area contributed by atoms with Crippen LogP contribution in [0.25, 0.3) is 0 Å². The standard InChI is InChI=1S/C16H16N2O3/c1-3-21-16(20)13-5-4-10-17-14(13)18-15(19)12-8-6-11(2)7-9-12/h4-10H,3H2,1-2H3,(H,17,18,19). The Kier molecular flexibility index (Phi) is 4.66. The summed E-state index contributed by atoms with van der Waals surface area (Å²) in [6.45, 7) is 3.93. The summed E-state index contributed by atoms with van der Waals surface area (Å²) in [6.07, 6.45) is 1.51. The Morgan fingerprint density at radius 3 is 2.57 bits per heavy atom. The van der Waals surface area contributed by atoms with E-state index < -0.39 is 5.97 Å². The summed E-state index contributed by atoms with van der Waals surface area (Å²) < 4.78 is 4.94. The minimum atomic E-state index is -0.509. The highest BCUT2D eigenvalue weighted by Crippen LogP contribution is 2.14. The quantitative estimate of drug-likeness (QED) is 0.877. The first-order valence-corrected chi connectivity index (χ1v) is 6.62. The summed E-state index contributed by atoms with van der Waals surface area (Å²) in [5, 5.41) is 2.63. The highest BCUT2D eigenvalue weighted by Gasteiger charge is 2.15. The number of amides is 1. The fourth-order valence-electron chi connectivity index (χ4n) is 1.76. The van der Waals surface area contributed by atoms with E-state index in [9.17, 15) is 9.59 Å². The van der Waals surface area contributed by atoms with Gasteiger partial charge < -0.3 is 10.1 Å². The molecule has 2 rings (SSSR count). The molecule has 1 aromatic heterocycles. The van der Waals surface area contributed by atoms with E-state index in [-0.39, 0.29) is 23.9 Å². The minimum Gasteiger partial charge on any atom is -0.462 e. The van der Waals surface area contributed by atoms with Gasteiger partial charge in [-0.15, -0.1) is 0 Å².